The van der Waals surface area contributed by atoms with E-state index in [-0.39, 0.29) is 0 Å². The van der Waals surface area contributed by atoms with Crippen LogP contribution in [0.2, 0.25) is 0 Å². The quantitative estimate of drug-likeness (QED) is 0.883. The summed E-state index contributed by atoms with van der Waals surface area (Å²) in [6.07, 6.45) is 12.3. The second-order valence-corrected chi connectivity index (χ2v) is 6.58. The zero-order valence-electron chi connectivity index (χ0n) is 11.8. The van der Waals surface area contributed by atoms with E-state index < -0.39 is 0 Å². The lowest BCUT2D eigenvalue weighted by atomic mass is 10.1. The van der Waals surface area contributed by atoms with Gasteiger partial charge in [0.15, 0.2) is 0 Å². The van der Waals surface area contributed by atoms with Crippen molar-refractivity contribution >= 4 is 0 Å². The van der Waals surface area contributed by atoms with Gasteiger partial charge in [-0.3, -0.25) is 0 Å². The lowest BCUT2D eigenvalue weighted by Gasteiger charge is -2.23. The van der Waals surface area contributed by atoms with E-state index in [2.05, 4.69) is 9.88 Å². The van der Waals surface area contributed by atoms with Crippen LogP contribution in [0.1, 0.15) is 80.5 Å². The van der Waals surface area contributed by atoms with E-state index in [1.54, 1.807) is 5.69 Å². The van der Waals surface area contributed by atoms with Crippen molar-refractivity contribution in [1.82, 2.24) is 14.9 Å². The summed E-state index contributed by atoms with van der Waals surface area (Å²) < 4.78 is 2.71. The molecule has 1 aromatic heterocycles. The minimum absolute atomic E-state index is 0.756. The molecular weight excluding hydrogens is 234 g/mol. The average Bonchev–Trinajstić information content (AvgIpc) is 3.17. The Labute approximate surface area is 115 Å². The van der Waals surface area contributed by atoms with Gasteiger partial charge < -0.3 is 9.88 Å². The maximum Gasteiger partial charge on any atom is 0.112 e. The van der Waals surface area contributed by atoms with Gasteiger partial charge >= 0.3 is 0 Å². The van der Waals surface area contributed by atoms with Crippen molar-refractivity contribution in [3.05, 3.63) is 17.2 Å². The summed E-state index contributed by atoms with van der Waals surface area (Å²) in [6.45, 7) is 2.13. The summed E-state index contributed by atoms with van der Waals surface area (Å²) in [7, 11) is 0. The Morgan fingerprint density at radius 3 is 2.53 bits per heavy atom. The van der Waals surface area contributed by atoms with Crippen LogP contribution in [0.4, 0.5) is 0 Å². The summed E-state index contributed by atoms with van der Waals surface area (Å²) in [5.74, 6) is 2.21. The van der Waals surface area contributed by atoms with Gasteiger partial charge in [-0.05, 0) is 25.7 Å². The fourth-order valence-corrected chi connectivity index (χ4v) is 4.40. The predicted molar refractivity (Wildman–Crippen MR) is 76.4 cm³/mol. The van der Waals surface area contributed by atoms with Gasteiger partial charge in [-0.25, -0.2) is 4.98 Å². The highest BCUT2D eigenvalue weighted by atomic mass is 15.1. The molecule has 0 unspecified atom stereocenters. The molecule has 0 bridgehead atoms. The first-order valence-electron chi connectivity index (χ1n) is 8.24. The van der Waals surface area contributed by atoms with Gasteiger partial charge in [-0.2, -0.15) is 0 Å². The summed E-state index contributed by atoms with van der Waals surface area (Å²) in [5.41, 5.74) is 2.94. The highest BCUT2D eigenvalue weighted by Crippen LogP contribution is 2.40. The van der Waals surface area contributed by atoms with Crippen molar-refractivity contribution in [3.8, 4) is 0 Å². The summed E-state index contributed by atoms with van der Waals surface area (Å²) in [4.78, 5) is 5.08. The number of imidazole rings is 1. The molecule has 3 heteroatoms. The smallest absolute Gasteiger partial charge is 0.112 e. The standard InChI is InChI=1S/C16H25N3/c1-2-6-12(5-1)16-18-14-11-17-10-9-15(14)19(16)13-7-3-4-8-13/h12-13,17H,1-11H2. The van der Waals surface area contributed by atoms with Gasteiger partial charge in [0.05, 0.1) is 5.69 Å². The Bertz CT molecular complexity index is 451. The third-order valence-electron chi connectivity index (χ3n) is 5.36. The zero-order chi connectivity index (χ0) is 12.7. The lowest BCUT2D eigenvalue weighted by Crippen LogP contribution is -2.26. The van der Waals surface area contributed by atoms with Gasteiger partial charge in [0.25, 0.3) is 0 Å². The molecule has 0 atom stereocenters. The van der Waals surface area contributed by atoms with Crippen molar-refractivity contribution in [3.63, 3.8) is 0 Å². The third-order valence-corrected chi connectivity index (χ3v) is 5.36. The molecule has 1 aromatic rings. The SMILES string of the molecule is C1CCC(c2nc3c(n2C2CCCC2)CCNC3)C1. The second kappa shape index (κ2) is 4.93. The van der Waals surface area contributed by atoms with Crippen LogP contribution >= 0.6 is 0 Å². The van der Waals surface area contributed by atoms with Gasteiger partial charge in [0, 0.05) is 37.2 Å². The van der Waals surface area contributed by atoms with E-state index >= 15 is 0 Å². The molecule has 0 spiro atoms. The van der Waals surface area contributed by atoms with E-state index in [4.69, 9.17) is 4.98 Å². The van der Waals surface area contributed by atoms with Crippen LogP contribution in [0.25, 0.3) is 0 Å². The number of hydrogen-bond donors (Lipinski definition) is 1. The molecule has 4 rings (SSSR count). The molecule has 2 heterocycles. The first-order valence-corrected chi connectivity index (χ1v) is 8.24. The Hall–Kier alpha value is -0.830. The van der Waals surface area contributed by atoms with Crippen LogP contribution < -0.4 is 5.32 Å². The number of nitrogens with one attached hydrogen (secondary N) is 1. The maximum atomic E-state index is 5.08. The summed E-state index contributed by atoms with van der Waals surface area (Å²) in [5, 5.41) is 3.49. The molecule has 2 aliphatic carbocycles. The zero-order valence-corrected chi connectivity index (χ0v) is 11.8. The van der Waals surface area contributed by atoms with E-state index in [0.29, 0.717) is 0 Å². The normalized spacial score (nSPS) is 25.1. The van der Waals surface area contributed by atoms with Crippen LogP contribution in [0.3, 0.4) is 0 Å². The molecule has 104 valence electrons. The second-order valence-electron chi connectivity index (χ2n) is 6.58. The molecule has 3 nitrogen and oxygen atoms in total. The number of aromatic nitrogens is 2. The molecule has 1 N–H and O–H groups in total. The Morgan fingerprint density at radius 2 is 1.74 bits per heavy atom. The molecule has 0 aromatic carbocycles. The van der Waals surface area contributed by atoms with Gasteiger partial charge in [0.1, 0.15) is 5.82 Å². The van der Waals surface area contributed by atoms with E-state index in [0.717, 1.165) is 25.0 Å². The predicted octanol–water partition coefficient (Wildman–Crippen LogP) is 3.30. The van der Waals surface area contributed by atoms with Crippen LogP contribution in [-0.2, 0) is 13.0 Å². The molecule has 2 fully saturated rings. The number of nitrogens with zero attached hydrogens (tertiary/aromatic N) is 2. The molecule has 1 aliphatic heterocycles. The Balaban J connectivity index is 1.76. The maximum absolute atomic E-state index is 5.08. The van der Waals surface area contributed by atoms with Crippen molar-refractivity contribution in [1.29, 1.82) is 0 Å². The van der Waals surface area contributed by atoms with Crippen LogP contribution in [0.15, 0.2) is 0 Å². The number of fused-ring (bicyclic) bond motifs is 1. The topological polar surface area (TPSA) is 29.9 Å². The van der Waals surface area contributed by atoms with Crippen LogP contribution in [-0.4, -0.2) is 16.1 Å². The minimum Gasteiger partial charge on any atom is -0.328 e. The van der Waals surface area contributed by atoms with Gasteiger partial charge in [-0.1, -0.05) is 25.7 Å². The average molecular weight is 259 g/mol. The molecule has 0 saturated heterocycles. The summed E-state index contributed by atoms with van der Waals surface area (Å²) in [6, 6.07) is 0.768. The highest BCUT2D eigenvalue weighted by Gasteiger charge is 2.31. The van der Waals surface area contributed by atoms with Crippen LogP contribution in [0, 0.1) is 0 Å². The first kappa shape index (κ1) is 12.0. The van der Waals surface area contributed by atoms with Crippen molar-refractivity contribution in [2.45, 2.75) is 76.3 Å². The van der Waals surface area contributed by atoms with Crippen molar-refractivity contribution in [2.24, 2.45) is 0 Å². The lowest BCUT2D eigenvalue weighted by molar-refractivity contribution is 0.454. The van der Waals surface area contributed by atoms with Crippen molar-refractivity contribution < 1.29 is 0 Å². The molecular formula is C16H25N3. The minimum atomic E-state index is 0.756. The van der Waals surface area contributed by atoms with Crippen molar-refractivity contribution in [2.75, 3.05) is 6.54 Å². The number of hydrogen-bond acceptors (Lipinski definition) is 2. The van der Waals surface area contributed by atoms with E-state index in [1.165, 1.54) is 69.3 Å². The van der Waals surface area contributed by atoms with Crippen LogP contribution in [0.5, 0.6) is 0 Å². The first-order chi connectivity index (χ1) is 9.43. The van der Waals surface area contributed by atoms with E-state index in [9.17, 15) is 0 Å². The van der Waals surface area contributed by atoms with E-state index in [1.807, 2.05) is 0 Å². The van der Waals surface area contributed by atoms with Gasteiger partial charge in [-0.15, -0.1) is 0 Å². The fourth-order valence-electron chi connectivity index (χ4n) is 4.40. The molecule has 0 amide bonds. The molecule has 2 saturated carbocycles. The number of rotatable bonds is 2. The third kappa shape index (κ3) is 2.03. The van der Waals surface area contributed by atoms with Gasteiger partial charge in [0.2, 0.25) is 0 Å². The summed E-state index contributed by atoms with van der Waals surface area (Å²) >= 11 is 0. The highest BCUT2D eigenvalue weighted by molar-refractivity contribution is 5.24. The molecule has 3 aliphatic rings. The monoisotopic (exact) mass is 259 g/mol. The molecule has 19 heavy (non-hydrogen) atoms. The fraction of sp³-hybridized carbons (Fsp3) is 0.812. The Kier molecular flexibility index (Phi) is 3.10. The molecule has 0 radical (unpaired) electrons. The Morgan fingerprint density at radius 1 is 1.00 bits per heavy atom. The largest absolute Gasteiger partial charge is 0.328 e.